The van der Waals surface area contributed by atoms with E-state index < -0.39 is 10.0 Å². The minimum atomic E-state index is -3.52. The molecule has 6 heteroatoms. The Balaban J connectivity index is 1.56. The Bertz CT molecular complexity index is 893. The molecule has 3 rings (SSSR count). The first-order valence-corrected chi connectivity index (χ1v) is 12.4. The predicted octanol–water partition coefficient (Wildman–Crippen LogP) is 4.08. The molecule has 30 heavy (non-hydrogen) atoms. The van der Waals surface area contributed by atoms with Crippen LogP contribution in [0.25, 0.3) is 11.1 Å². The largest absolute Gasteiger partial charge is 0.377 e. The van der Waals surface area contributed by atoms with Gasteiger partial charge in [-0.3, -0.25) is 0 Å². The van der Waals surface area contributed by atoms with Crippen LogP contribution in [0.2, 0.25) is 0 Å². The van der Waals surface area contributed by atoms with Crippen molar-refractivity contribution in [3.63, 3.8) is 0 Å². The Morgan fingerprint density at radius 3 is 2.27 bits per heavy atom. The number of rotatable bonds is 10. The fourth-order valence-corrected chi connectivity index (χ4v) is 4.86. The molecule has 1 N–H and O–H groups in total. The third kappa shape index (κ3) is 6.38. The maximum absolute atomic E-state index is 12.4. The summed E-state index contributed by atoms with van der Waals surface area (Å²) >= 11 is 0. The molecule has 1 fully saturated rings. The van der Waals surface area contributed by atoms with Crippen LogP contribution < -0.4 is 4.72 Å². The summed E-state index contributed by atoms with van der Waals surface area (Å²) in [5, 5.41) is 0. The maximum Gasteiger partial charge on any atom is 0.240 e. The Labute approximate surface area is 181 Å². The molecule has 0 aliphatic carbocycles. The molecule has 0 radical (unpaired) electrons. The molecule has 1 aliphatic heterocycles. The summed E-state index contributed by atoms with van der Waals surface area (Å²) in [5.41, 5.74) is 3.44. The van der Waals surface area contributed by atoms with E-state index in [-0.39, 0.29) is 17.5 Å². The molecule has 5 nitrogen and oxygen atoms in total. The molecule has 0 aromatic heterocycles. The smallest absolute Gasteiger partial charge is 0.240 e. The molecule has 1 heterocycles. The van der Waals surface area contributed by atoms with Gasteiger partial charge in [0.05, 0.1) is 17.6 Å². The van der Waals surface area contributed by atoms with Gasteiger partial charge >= 0.3 is 0 Å². The molecule has 0 spiro atoms. The number of nitrogens with one attached hydrogen (secondary N) is 1. The third-order valence-corrected chi connectivity index (χ3v) is 7.15. The molecule has 2 aromatic carbocycles. The van der Waals surface area contributed by atoms with Crippen molar-refractivity contribution in [3.05, 3.63) is 54.1 Å². The van der Waals surface area contributed by atoms with E-state index in [9.17, 15) is 8.42 Å². The lowest BCUT2D eigenvalue weighted by Crippen LogP contribution is -2.28. The molecule has 2 aromatic rings. The van der Waals surface area contributed by atoms with E-state index in [1.807, 2.05) is 26.0 Å². The summed E-state index contributed by atoms with van der Waals surface area (Å²) in [6.07, 6.45) is 3.77. The van der Waals surface area contributed by atoms with Crippen molar-refractivity contribution in [3.8, 4) is 11.1 Å². The van der Waals surface area contributed by atoms with E-state index in [4.69, 9.17) is 4.74 Å². The van der Waals surface area contributed by atoms with Gasteiger partial charge in [-0.05, 0) is 75.4 Å². The topological polar surface area (TPSA) is 58.6 Å². The highest BCUT2D eigenvalue weighted by molar-refractivity contribution is 7.89. The average molecular weight is 431 g/mol. The van der Waals surface area contributed by atoms with Gasteiger partial charge in [0.25, 0.3) is 0 Å². The molecule has 1 saturated heterocycles. The SMILES string of the molecule is CC(C)OCCNS(=O)(=O)c1ccc(-c2ccc(CCN3CCCC3C)cc2)cc1. The minimum Gasteiger partial charge on any atom is -0.377 e. The van der Waals surface area contributed by atoms with E-state index in [2.05, 4.69) is 40.8 Å². The summed E-state index contributed by atoms with van der Waals surface area (Å²) in [7, 11) is -3.52. The standard InChI is InChI=1S/C24H34N2O3S/c1-19(2)29-18-15-25-30(27,28)24-12-10-23(11-13-24)22-8-6-21(7-9-22)14-17-26-16-4-5-20(26)3/h6-13,19-20,25H,4-5,14-18H2,1-3H3. The van der Waals surface area contributed by atoms with Crippen molar-refractivity contribution >= 4 is 10.0 Å². The van der Waals surface area contributed by atoms with Gasteiger partial charge in [-0.1, -0.05) is 36.4 Å². The second-order valence-corrected chi connectivity index (χ2v) is 10.1. The van der Waals surface area contributed by atoms with Crippen molar-refractivity contribution in [1.82, 2.24) is 9.62 Å². The fourth-order valence-electron chi connectivity index (χ4n) is 3.84. The third-order valence-electron chi connectivity index (χ3n) is 5.68. The van der Waals surface area contributed by atoms with Crippen LogP contribution >= 0.6 is 0 Å². The van der Waals surface area contributed by atoms with Crippen molar-refractivity contribution < 1.29 is 13.2 Å². The highest BCUT2D eigenvalue weighted by Gasteiger charge is 2.19. The highest BCUT2D eigenvalue weighted by Crippen LogP contribution is 2.23. The Hall–Kier alpha value is -1.73. The number of ether oxygens (including phenoxy) is 1. The molecule has 0 bridgehead atoms. The van der Waals surface area contributed by atoms with Crippen molar-refractivity contribution in [2.45, 2.75) is 57.1 Å². The van der Waals surface area contributed by atoms with Crippen molar-refractivity contribution in [1.29, 1.82) is 0 Å². The maximum atomic E-state index is 12.4. The first kappa shape index (κ1) is 22.9. The quantitative estimate of drug-likeness (QED) is 0.577. The van der Waals surface area contributed by atoms with Gasteiger partial charge in [0.2, 0.25) is 10.0 Å². The lowest BCUT2D eigenvalue weighted by atomic mass is 10.0. The van der Waals surface area contributed by atoms with Crippen LogP contribution in [0.1, 0.15) is 39.2 Å². The monoisotopic (exact) mass is 430 g/mol. The zero-order valence-corrected chi connectivity index (χ0v) is 19.1. The van der Waals surface area contributed by atoms with Crippen LogP contribution in [0.15, 0.2) is 53.4 Å². The van der Waals surface area contributed by atoms with E-state index >= 15 is 0 Å². The zero-order valence-electron chi connectivity index (χ0n) is 18.3. The molecule has 164 valence electrons. The number of nitrogens with zero attached hydrogens (tertiary/aromatic N) is 1. The molecule has 1 unspecified atom stereocenters. The second kappa shape index (κ2) is 10.5. The van der Waals surface area contributed by atoms with Gasteiger partial charge in [0.15, 0.2) is 0 Å². The van der Waals surface area contributed by atoms with Gasteiger partial charge in [-0.25, -0.2) is 13.1 Å². The number of likely N-dealkylation sites (tertiary alicyclic amines) is 1. The van der Waals surface area contributed by atoms with Crippen molar-refractivity contribution in [2.24, 2.45) is 0 Å². The molecule has 1 aliphatic rings. The molecule has 0 saturated carbocycles. The summed E-state index contributed by atoms with van der Waals surface area (Å²) in [5.74, 6) is 0. The van der Waals surface area contributed by atoms with Gasteiger partial charge in [0.1, 0.15) is 0 Å². The number of hydrogen-bond acceptors (Lipinski definition) is 4. The Morgan fingerprint density at radius 2 is 1.70 bits per heavy atom. The van der Waals surface area contributed by atoms with E-state index in [1.54, 1.807) is 12.1 Å². The lowest BCUT2D eigenvalue weighted by Gasteiger charge is -2.20. The first-order valence-electron chi connectivity index (χ1n) is 10.9. The second-order valence-electron chi connectivity index (χ2n) is 8.32. The Morgan fingerprint density at radius 1 is 1.07 bits per heavy atom. The summed E-state index contributed by atoms with van der Waals surface area (Å²) in [6.45, 7) is 9.12. The molecule has 0 amide bonds. The van der Waals surface area contributed by atoms with Gasteiger partial charge < -0.3 is 9.64 Å². The summed E-state index contributed by atoms with van der Waals surface area (Å²) < 4.78 is 32.8. The van der Waals surface area contributed by atoms with Gasteiger partial charge in [-0.2, -0.15) is 0 Å². The van der Waals surface area contributed by atoms with Crippen LogP contribution in [0.3, 0.4) is 0 Å². The fraction of sp³-hybridized carbons (Fsp3) is 0.500. The van der Waals surface area contributed by atoms with E-state index in [0.717, 1.165) is 24.1 Å². The highest BCUT2D eigenvalue weighted by atomic mass is 32.2. The summed E-state index contributed by atoms with van der Waals surface area (Å²) in [6, 6.07) is 16.3. The van der Waals surface area contributed by atoms with Crippen molar-refractivity contribution in [2.75, 3.05) is 26.2 Å². The normalized spacial score (nSPS) is 17.7. The first-order chi connectivity index (χ1) is 14.3. The Kier molecular flexibility index (Phi) is 8.06. The zero-order chi connectivity index (χ0) is 21.6. The van der Waals surface area contributed by atoms with E-state index in [0.29, 0.717) is 12.6 Å². The molecular formula is C24H34N2O3S. The van der Waals surface area contributed by atoms with Gasteiger partial charge in [0, 0.05) is 19.1 Å². The predicted molar refractivity (Wildman–Crippen MR) is 122 cm³/mol. The molecule has 1 atom stereocenters. The minimum absolute atomic E-state index is 0.0870. The van der Waals surface area contributed by atoms with Crippen LogP contribution in [-0.2, 0) is 21.2 Å². The number of benzene rings is 2. The lowest BCUT2D eigenvalue weighted by molar-refractivity contribution is 0.0834. The molecular weight excluding hydrogens is 396 g/mol. The van der Waals surface area contributed by atoms with E-state index in [1.165, 1.54) is 24.9 Å². The van der Waals surface area contributed by atoms with Gasteiger partial charge in [-0.15, -0.1) is 0 Å². The summed E-state index contributed by atoms with van der Waals surface area (Å²) in [4.78, 5) is 2.84. The number of hydrogen-bond donors (Lipinski definition) is 1. The van der Waals surface area contributed by atoms with Crippen LogP contribution in [0, 0.1) is 0 Å². The van der Waals surface area contributed by atoms with Crippen LogP contribution in [-0.4, -0.2) is 51.7 Å². The number of sulfonamides is 1. The van der Waals surface area contributed by atoms with Crippen LogP contribution in [0.4, 0.5) is 0 Å². The van der Waals surface area contributed by atoms with Crippen LogP contribution in [0.5, 0.6) is 0 Å². The average Bonchev–Trinajstić information content (AvgIpc) is 3.15.